The Balaban J connectivity index is 3.22. The van der Waals surface area contributed by atoms with Crippen molar-refractivity contribution in [2.45, 2.75) is 25.8 Å². The Morgan fingerprint density at radius 3 is 2.70 bits per heavy atom. The standard InChI is InChI=1S/C13H12ClF2NO3/c1-2-19-11(18)5-8-3-4-9(7-17)10(6-14)12(8)20-13(15)16/h3-4,13H,2,5-6H2,1H3. The van der Waals surface area contributed by atoms with Crippen LogP contribution in [-0.2, 0) is 21.8 Å². The van der Waals surface area contributed by atoms with E-state index in [4.69, 9.17) is 21.6 Å². The van der Waals surface area contributed by atoms with E-state index in [9.17, 15) is 13.6 Å². The second-order valence-corrected chi connectivity index (χ2v) is 3.95. The topological polar surface area (TPSA) is 59.3 Å². The lowest BCUT2D eigenvalue weighted by atomic mass is 10.0. The summed E-state index contributed by atoms with van der Waals surface area (Å²) in [6.45, 7) is -1.26. The number of rotatable bonds is 6. The Hall–Kier alpha value is -1.87. The molecule has 108 valence electrons. The normalized spacial score (nSPS) is 10.2. The minimum Gasteiger partial charge on any atom is -0.466 e. The number of esters is 1. The number of carbonyl (C=O) groups is 1. The van der Waals surface area contributed by atoms with Gasteiger partial charge in [0.25, 0.3) is 0 Å². The summed E-state index contributed by atoms with van der Waals surface area (Å²) in [7, 11) is 0. The zero-order valence-corrected chi connectivity index (χ0v) is 11.4. The van der Waals surface area contributed by atoms with E-state index in [1.165, 1.54) is 12.1 Å². The lowest BCUT2D eigenvalue weighted by Gasteiger charge is -2.15. The van der Waals surface area contributed by atoms with Crippen molar-refractivity contribution >= 4 is 17.6 Å². The van der Waals surface area contributed by atoms with Crippen molar-refractivity contribution in [1.29, 1.82) is 5.26 Å². The number of alkyl halides is 3. The third-order valence-electron chi connectivity index (χ3n) is 2.44. The van der Waals surface area contributed by atoms with Gasteiger partial charge < -0.3 is 9.47 Å². The monoisotopic (exact) mass is 303 g/mol. The Kier molecular flexibility index (Phi) is 6.19. The Morgan fingerprint density at radius 1 is 1.50 bits per heavy atom. The number of ether oxygens (including phenoxy) is 2. The number of halogens is 3. The van der Waals surface area contributed by atoms with Crippen LogP contribution in [0.4, 0.5) is 8.78 Å². The van der Waals surface area contributed by atoms with Gasteiger partial charge in [0.2, 0.25) is 0 Å². The summed E-state index contributed by atoms with van der Waals surface area (Å²) in [5, 5.41) is 8.92. The van der Waals surface area contributed by atoms with Crippen molar-refractivity contribution < 1.29 is 23.0 Å². The molecule has 0 atom stereocenters. The third-order valence-corrected chi connectivity index (χ3v) is 2.71. The van der Waals surface area contributed by atoms with Crippen molar-refractivity contribution in [2.75, 3.05) is 6.61 Å². The molecule has 0 radical (unpaired) electrons. The molecule has 0 fully saturated rings. The average molecular weight is 304 g/mol. The fraction of sp³-hybridized carbons (Fsp3) is 0.385. The summed E-state index contributed by atoms with van der Waals surface area (Å²) in [5.74, 6) is -0.985. The van der Waals surface area contributed by atoms with Gasteiger partial charge in [0, 0.05) is 11.1 Å². The molecule has 1 rings (SSSR count). The first-order valence-electron chi connectivity index (χ1n) is 5.74. The third kappa shape index (κ3) is 4.07. The molecule has 0 aliphatic carbocycles. The fourth-order valence-electron chi connectivity index (χ4n) is 1.66. The van der Waals surface area contributed by atoms with E-state index in [1.54, 1.807) is 6.92 Å². The molecular weight excluding hydrogens is 292 g/mol. The van der Waals surface area contributed by atoms with Gasteiger partial charge in [0.1, 0.15) is 5.75 Å². The predicted octanol–water partition coefficient (Wildman–Crippen LogP) is 3.00. The second kappa shape index (κ2) is 7.65. The van der Waals surface area contributed by atoms with Crippen LogP contribution in [0, 0.1) is 11.3 Å². The molecule has 1 aromatic rings. The molecule has 0 aliphatic heterocycles. The molecule has 0 spiro atoms. The van der Waals surface area contributed by atoms with E-state index in [-0.39, 0.29) is 41.3 Å². The maximum atomic E-state index is 12.5. The van der Waals surface area contributed by atoms with E-state index < -0.39 is 12.6 Å². The second-order valence-electron chi connectivity index (χ2n) is 3.69. The molecule has 4 nitrogen and oxygen atoms in total. The Morgan fingerprint density at radius 2 is 2.20 bits per heavy atom. The van der Waals surface area contributed by atoms with Crippen LogP contribution in [0.3, 0.4) is 0 Å². The van der Waals surface area contributed by atoms with Crippen LogP contribution < -0.4 is 4.74 Å². The van der Waals surface area contributed by atoms with E-state index in [0.717, 1.165) is 0 Å². The highest BCUT2D eigenvalue weighted by atomic mass is 35.5. The van der Waals surface area contributed by atoms with Crippen molar-refractivity contribution in [1.82, 2.24) is 0 Å². The van der Waals surface area contributed by atoms with Crippen molar-refractivity contribution in [3.05, 3.63) is 28.8 Å². The maximum absolute atomic E-state index is 12.5. The van der Waals surface area contributed by atoms with E-state index in [1.807, 2.05) is 6.07 Å². The van der Waals surface area contributed by atoms with Gasteiger partial charge in [-0.05, 0) is 13.0 Å². The summed E-state index contributed by atoms with van der Waals surface area (Å²) in [4.78, 5) is 11.4. The lowest BCUT2D eigenvalue weighted by Crippen LogP contribution is -2.12. The molecule has 20 heavy (non-hydrogen) atoms. The van der Waals surface area contributed by atoms with Crippen LogP contribution in [0.1, 0.15) is 23.6 Å². The van der Waals surface area contributed by atoms with Crippen LogP contribution in [0.5, 0.6) is 5.75 Å². The van der Waals surface area contributed by atoms with Crippen LogP contribution in [-0.4, -0.2) is 19.2 Å². The molecule has 0 heterocycles. The number of hydrogen-bond acceptors (Lipinski definition) is 4. The van der Waals surface area contributed by atoms with Gasteiger partial charge in [-0.3, -0.25) is 4.79 Å². The summed E-state index contributed by atoms with van der Waals surface area (Å²) in [6.07, 6.45) is -0.231. The molecule has 0 unspecified atom stereocenters. The Labute approximate surface area is 119 Å². The maximum Gasteiger partial charge on any atom is 0.387 e. The van der Waals surface area contributed by atoms with Crippen molar-refractivity contribution in [3.63, 3.8) is 0 Å². The Bertz CT molecular complexity index is 529. The minimum absolute atomic E-state index is 0.128. The first-order valence-corrected chi connectivity index (χ1v) is 6.28. The molecule has 0 saturated carbocycles. The fourth-order valence-corrected chi connectivity index (χ4v) is 1.92. The zero-order valence-electron chi connectivity index (χ0n) is 10.7. The van der Waals surface area contributed by atoms with Gasteiger partial charge in [0.15, 0.2) is 0 Å². The number of benzene rings is 1. The molecule has 0 aromatic heterocycles. The largest absolute Gasteiger partial charge is 0.466 e. The summed E-state index contributed by atoms with van der Waals surface area (Å²) in [5.41, 5.74) is 0.470. The molecule has 0 amide bonds. The smallest absolute Gasteiger partial charge is 0.387 e. The molecule has 0 aliphatic rings. The van der Waals surface area contributed by atoms with Crippen LogP contribution in [0.25, 0.3) is 0 Å². The minimum atomic E-state index is -3.08. The van der Waals surface area contributed by atoms with E-state index in [0.29, 0.717) is 0 Å². The highest BCUT2D eigenvalue weighted by Crippen LogP contribution is 2.31. The number of nitrogens with zero attached hydrogens (tertiary/aromatic N) is 1. The lowest BCUT2D eigenvalue weighted by molar-refractivity contribution is -0.142. The SMILES string of the molecule is CCOC(=O)Cc1ccc(C#N)c(CCl)c1OC(F)F. The molecule has 0 bridgehead atoms. The number of nitriles is 1. The van der Waals surface area contributed by atoms with Gasteiger partial charge in [-0.2, -0.15) is 14.0 Å². The summed E-state index contributed by atoms with van der Waals surface area (Å²) >= 11 is 5.68. The predicted molar refractivity (Wildman–Crippen MR) is 67.7 cm³/mol. The molecule has 7 heteroatoms. The van der Waals surface area contributed by atoms with Crippen molar-refractivity contribution in [2.24, 2.45) is 0 Å². The van der Waals surface area contributed by atoms with Gasteiger partial charge in [0.05, 0.1) is 30.5 Å². The molecule has 0 saturated heterocycles. The van der Waals surface area contributed by atoms with E-state index >= 15 is 0 Å². The summed E-state index contributed by atoms with van der Waals surface area (Å²) < 4.78 is 34.1. The quantitative estimate of drug-likeness (QED) is 0.599. The van der Waals surface area contributed by atoms with Crippen LogP contribution in [0.15, 0.2) is 12.1 Å². The van der Waals surface area contributed by atoms with E-state index in [2.05, 4.69) is 4.74 Å². The highest BCUT2D eigenvalue weighted by Gasteiger charge is 2.19. The molecular formula is C13H12ClF2NO3. The highest BCUT2D eigenvalue weighted by molar-refractivity contribution is 6.17. The van der Waals surface area contributed by atoms with Crippen LogP contribution >= 0.6 is 11.6 Å². The van der Waals surface area contributed by atoms with Gasteiger partial charge in [-0.25, -0.2) is 0 Å². The number of carbonyl (C=O) groups excluding carboxylic acids is 1. The molecule has 1 aromatic carbocycles. The van der Waals surface area contributed by atoms with Crippen molar-refractivity contribution in [3.8, 4) is 11.8 Å². The average Bonchev–Trinajstić information content (AvgIpc) is 2.40. The zero-order chi connectivity index (χ0) is 15.1. The van der Waals surface area contributed by atoms with Crippen LogP contribution in [0.2, 0.25) is 0 Å². The summed E-state index contributed by atoms with van der Waals surface area (Å²) in [6, 6.07) is 4.63. The van der Waals surface area contributed by atoms with Gasteiger partial charge in [-0.1, -0.05) is 6.07 Å². The number of hydrogen-bond donors (Lipinski definition) is 0. The first kappa shape index (κ1) is 16.2. The van der Waals surface area contributed by atoms with Gasteiger partial charge in [-0.15, -0.1) is 11.6 Å². The van der Waals surface area contributed by atoms with Gasteiger partial charge >= 0.3 is 12.6 Å². The first-order chi connectivity index (χ1) is 9.53. The molecule has 0 N–H and O–H groups in total.